The third-order valence-corrected chi connectivity index (χ3v) is 3.47. The Hall–Kier alpha value is -2.06. The number of anilines is 1. The molecule has 0 atom stereocenters. The Labute approximate surface area is 112 Å². The number of carboxylic acids is 1. The number of furan rings is 1. The van der Waals surface area contributed by atoms with Gasteiger partial charge in [-0.15, -0.1) is 0 Å². The van der Waals surface area contributed by atoms with Crippen LogP contribution >= 0.6 is 11.6 Å². The molecule has 2 rings (SSSR count). The molecule has 2 aromatic heterocycles. The van der Waals surface area contributed by atoms with Crippen LogP contribution in [0.4, 0.5) is 5.82 Å². The summed E-state index contributed by atoms with van der Waals surface area (Å²) in [5, 5.41) is 8.49. The fraction of sp³-hybridized carbons (Fsp3) is 0. The molecule has 0 saturated carbocycles. The molecule has 2 aromatic rings. The standard InChI is InChI=1S/C10H7ClN2O5S/c11-6-1-3-8(12-5-6)13-19(16,17)9-4-2-7(18-9)10(14)15/h1-5H,(H,12,13)(H,14,15). The number of aromatic nitrogens is 1. The van der Waals surface area contributed by atoms with Gasteiger partial charge in [0.2, 0.25) is 10.9 Å². The quantitative estimate of drug-likeness (QED) is 0.891. The Bertz CT molecular complexity index is 708. The lowest BCUT2D eigenvalue weighted by Crippen LogP contribution is -2.13. The summed E-state index contributed by atoms with van der Waals surface area (Å²) in [5.41, 5.74) is 0. The summed E-state index contributed by atoms with van der Waals surface area (Å²) in [6.07, 6.45) is 1.27. The van der Waals surface area contributed by atoms with Gasteiger partial charge in [-0.2, -0.15) is 8.42 Å². The zero-order valence-corrected chi connectivity index (χ0v) is 10.8. The van der Waals surface area contributed by atoms with Crippen molar-refractivity contribution in [2.75, 3.05) is 4.72 Å². The number of sulfonamides is 1. The third-order valence-electron chi connectivity index (χ3n) is 2.02. The maximum Gasteiger partial charge on any atom is 0.371 e. The monoisotopic (exact) mass is 302 g/mol. The number of carbonyl (C=O) groups is 1. The zero-order valence-electron chi connectivity index (χ0n) is 9.20. The van der Waals surface area contributed by atoms with Crippen molar-refractivity contribution in [1.82, 2.24) is 4.98 Å². The summed E-state index contributed by atoms with van der Waals surface area (Å²) in [6, 6.07) is 4.91. The average molecular weight is 303 g/mol. The van der Waals surface area contributed by atoms with E-state index in [1.807, 2.05) is 0 Å². The zero-order chi connectivity index (χ0) is 14.0. The average Bonchev–Trinajstić information content (AvgIpc) is 2.82. The molecule has 9 heteroatoms. The van der Waals surface area contributed by atoms with E-state index in [1.54, 1.807) is 0 Å². The molecule has 0 aliphatic rings. The predicted molar refractivity (Wildman–Crippen MR) is 65.7 cm³/mol. The molecule has 0 bridgehead atoms. The van der Waals surface area contributed by atoms with Crippen LogP contribution in [0.1, 0.15) is 10.6 Å². The van der Waals surface area contributed by atoms with E-state index in [4.69, 9.17) is 21.1 Å². The lowest BCUT2D eigenvalue weighted by molar-refractivity contribution is 0.0656. The molecule has 0 unspecified atom stereocenters. The van der Waals surface area contributed by atoms with E-state index in [0.29, 0.717) is 5.02 Å². The van der Waals surface area contributed by atoms with Crippen molar-refractivity contribution in [2.24, 2.45) is 0 Å². The van der Waals surface area contributed by atoms with Gasteiger partial charge >= 0.3 is 5.97 Å². The van der Waals surface area contributed by atoms with Crippen LogP contribution in [0.2, 0.25) is 5.02 Å². The minimum atomic E-state index is -4.02. The van der Waals surface area contributed by atoms with E-state index in [9.17, 15) is 13.2 Å². The van der Waals surface area contributed by atoms with Crippen LogP contribution in [0.25, 0.3) is 0 Å². The first kappa shape index (κ1) is 13.4. The minimum absolute atomic E-state index is 0.0395. The van der Waals surface area contributed by atoms with E-state index in [1.165, 1.54) is 18.3 Å². The SMILES string of the molecule is O=C(O)c1ccc(S(=O)(=O)Nc2ccc(Cl)cn2)o1. The summed E-state index contributed by atoms with van der Waals surface area (Å²) in [4.78, 5) is 14.4. The molecule has 0 saturated heterocycles. The van der Waals surface area contributed by atoms with Crippen molar-refractivity contribution in [3.63, 3.8) is 0 Å². The molecule has 0 aliphatic carbocycles. The summed E-state index contributed by atoms with van der Waals surface area (Å²) in [6.45, 7) is 0. The maximum atomic E-state index is 11.9. The van der Waals surface area contributed by atoms with Gasteiger partial charge < -0.3 is 9.52 Å². The van der Waals surface area contributed by atoms with Gasteiger partial charge in [0, 0.05) is 6.20 Å². The molecular weight excluding hydrogens is 296 g/mol. The highest BCUT2D eigenvalue weighted by Gasteiger charge is 2.21. The van der Waals surface area contributed by atoms with E-state index >= 15 is 0 Å². The first-order valence-corrected chi connectivity index (χ1v) is 6.72. The lowest BCUT2D eigenvalue weighted by atomic mass is 10.5. The predicted octanol–water partition coefficient (Wildman–Crippen LogP) is 1.83. The van der Waals surface area contributed by atoms with Crippen LogP contribution in [-0.2, 0) is 10.0 Å². The van der Waals surface area contributed by atoms with Crippen LogP contribution in [0.3, 0.4) is 0 Å². The fourth-order valence-corrected chi connectivity index (χ4v) is 2.26. The number of aromatic carboxylic acids is 1. The summed E-state index contributed by atoms with van der Waals surface area (Å²) in [7, 11) is -4.02. The Morgan fingerprint density at radius 1 is 1.32 bits per heavy atom. The second-order valence-electron chi connectivity index (χ2n) is 3.39. The molecule has 2 heterocycles. The number of halogens is 1. The van der Waals surface area contributed by atoms with Gasteiger partial charge in [0.25, 0.3) is 10.0 Å². The normalized spacial score (nSPS) is 11.2. The van der Waals surface area contributed by atoms with Crippen LogP contribution in [0.15, 0.2) is 40.0 Å². The molecule has 100 valence electrons. The second-order valence-corrected chi connectivity index (χ2v) is 5.44. The molecule has 0 amide bonds. The number of carboxylic acid groups (broad SMARTS) is 1. The minimum Gasteiger partial charge on any atom is -0.475 e. The molecule has 0 aliphatic heterocycles. The Morgan fingerprint density at radius 2 is 2.05 bits per heavy atom. The van der Waals surface area contributed by atoms with Crippen LogP contribution in [0, 0.1) is 0 Å². The summed E-state index contributed by atoms with van der Waals surface area (Å²) in [5.74, 6) is -1.78. The van der Waals surface area contributed by atoms with Crippen molar-refractivity contribution in [3.05, 3.63) is 41.2 Å². The van der Waals surface area contributed by atoms with E-state index < -0.39 is 26.8 Å². The van der Waals surface area contributed by atoms with Crippen molar-refractivity contribution in [2.45, 2.75) is 5.09 Å². The molecule has 0 radical (unpaired) electrons. The highest BCUT2D eigenvalue weighted by atomic mass is 35.5. The lowest BCUT2D eigenvalue weighted by Gasteiger charge is -2.04. The smallest absolute Gasteiger partial charge is 0.371 e. The third kappa shape index (κ3) is 3.04. The highest BCUT2D eigenvalue weighted by molar-refractivity contribution is 7.92. The Kier molecular flexibility index (Phi) is 3.45. The number of pyridine rings is 1. The van der Waals surface area contributed by atoms with Crippen LogP contribution in [-0.4, -0.2) is 24.5 Å². The fourth-order valence-electron chi connectivity index (χ4n) is 1.20. The molecule has 2 N–H and O–H groups in total. The first-order valence-electron chi connectivity index (χ1n) is 4.86. The summed E-state index contributed by atoms with van der Waals surface area (Å²) >= 11 is 5.61. The van der Waals surface area contributed by atoms with Gasteiger partial charge in [-0.25, -0.2) is 9.78 Å². The van der Waals surface area contributed by atoms with Gasteiger partial charge in [-0.3, -0.25) is 4.72 Å². The van der Waals surface area contributed by atoms with Crippen LogP contribution in [0.5, 0.6) is 0 Å². The number of hydrogen-bond donors (Lipinski definition) is 2. The van der Waals surface area contributed by atoms with Crippen molar-refractivity contribution in [1.29, 1.82) is 0 Å². The molecule has 19 heavy (non-hydrogen) atoms. The van der Waals surface area contributed by atoms with Gasteiger partial charge in [0.1, 0.15) is 5.82 Å². The van der Waals surface area contributed by atoms with Gasteiger partial charge in [0.15, 0.2) is 0 Å². The van der Waals surface area contributed by atoms with Gasteiger partial charge in [-0.1, -0.05) is 11.6 Å². The topological polar surface area (TPSA) is 110 Å². The molecule has 0 aromatic carbocycles. The second kappa shape index (κ2) is 4.90. The van der Waals surface area contributed by atoms with E-state index in [2.05, 4.69) is 9.71 Å². The Balaban J connectivity index is 2.26. The number of nitrogens with zero attached hydrogens (tertiary/aromatic N) is 1. The highest BCUT2D eigenvalue weighted by Crippen LogP contribution is 2.18. The number of nitrogens with one attached hydrogen (secondary N) is 1. The summed E-state index contributed by atoms with van der Waals surface area (Å²) < 4.78 is 30.5. The van der Waals surface area contributed by atoms with Crippen molar-refractivity contribution in [3.8, 4) is 0 Å². The largest absolute Gasteiger partial charge is 0.475 e. The molecular formula is C10H7ClN2O5S. The molecule has 0 fully saturated rings. The number of rotatable bonds is 4. The number of hydrogen-bond acceptors (Lipinski definition) is 5. The molecule has 7 nitrogen and oxygen atoms in total. The molecule has 0 spiro atoms. The van der Waals surface area contributed by atoms with Crippen molar-refractivity contribution >= 4 is 33.4 Å². The van der Waals surface area contributed by atoms with E-state index in [0.717, 1.165) is 12.1 Å². The maximum absolute atomic E-state index is 11.9. The van der Waals surface area contributed by atoms with Gasteiger partial charge in [0.05, 0.1) is 5.02 Å². The van der Waals surface area contributed by atoms with Crippen molar-refractivity contribution < 1.29 is 22.7 Å². The van der Waals surface area contributed by atoms with Crippen LogP contribution < -0.4 is 4.72 Å². The Morgan fingerprint density at radius 3 is 2.58 bits per heavy atom. The van der Waals surface area contributed by atoms with Gasteiger partial charge in [-0.05, 0) is 24.3 Å². The first-order chi connectivity index (χ1) is 8.88. The van der Waals surface area contributed by atoms with E-state index in [-0.39, 0.29) is 5.82 Å².